The van der Waals surface area contributed by atoms with Gasteiger partial charge in [0, 0.05) is 31.1 Å². The SMILES string of the molecule is CCON=C(CC)C1C(=O)CC(C2(C)CC(C)(C(C)=O)CC(C)(C3CC(=O)C(C(CC)=NOCC)C(=O)C3)C2)CC1=O. The maximum atomic E-state index is 13.5. The lowest BCUT2D eigenvalue weighted by molar-refractivity contribution is -0.150. The van der Waals surface area contributed by atoms with E-state index in [9.17, 15) is 24.0 Å². The first kappa shape index (κ1) is 33.8. The minimum atomic E-state index is -0.882. The molecule has 42 heavy (non-hydrogen) atoms. The molecule has 9 nitrogen and oxygen atoms in total. The Labute approximate surface area is 250 Å². The Kier molecular flexibility index (Phi) is 10.7. The van der Waals surface area contributed by atoms with Gasteiger partial charge in [-0.2, -0.15) is 0 Å². The van der Waals surface area contributed by atoms with Crippen molar-refractivity contribution in [3.63, 3.8) is 0 Å². The topological polar surface area (TPSA) is 129 Å². The van der Waals surface area contributed by atoms with Gasteiger partial charge in [0.25, 0.3) is 0 Å². The molecule has 0 radical (unpaired) electrons. The van der Waals surface area contributed by atoms with E-state index in [1.807, 2.05) is 20.8 Å². The second-order valence-corrected chi connectivity index (χ2v) is 13.6. The lowest BCUT2D eigenvalue weighted by Crippen LogP contribution is -2.54. The van der Waals surface area contributed by atoms with Gasteiger partial charge in [-0.15, -0.1) is 0 Å². The largest absolute Gasteiger partial charge is 0.396 e. The first-order valence-electron chi connectivity index (χ1n) is 15.7. The Hall–Kier alpha value is -2.71. The van der Waals surface area contributed by atoms with E-state index in [1.54, 1.807) is 20.8 Å². The molecule has 0 saturated heterocycles. The highest BCUT2D eigenvalue weighted by Crippen LogP contribution is 2.63. The third-order valence-electron chi connectivity index (χ3n) is 10.3. The Bertz CT molecular complexity index is 1040. The zero-order chi connectivity index (χ0) is 31.5. The number of hydrogen-bond donors (Lipinski definition) is 0. The molecular formula is C33H50N2O7. The number of carbonyl (C=O) groups excluding carboxylic acids is 5. The number of oxime groups is 2. The highest BCUT2D eigenvalue weighted by Gasteiger charge is 2.58. The van der Waals surface area contributed by atoms with Crippen LogP contribution < -0.4 is 0 Å². The summed E-state index contributed by atoms with van der Waals surface area (Å²) in [6.45, 7) is 15.8. The van der Waals surface area contributed by atoms with Crippen LogP contribution in [-0.4, -0.2) is 53.6 Å². The molecule has 0 aromatic carbocycles. The van der Waals surface area contributed by atoms with E-state index in [2.05, 4.69) is 24.2 Å². The average Bonchev–Trinajstić information content (AvgIpc) is 2.90. The molecule has 0 aromatic heterocycles. The van der Waals surface area contributed by atoms with E-state index < -0.39 is 28.1 Å². The van der Waals surface area contributed by atoms with Gasteiger partial charge in [-0.3, -0.25) is 24.0 Å². The molecule has 9 heteroatoms. The van der Waals surface area contributed by atoms with Gasteiger partial charge in [-0.05, 0) is 75.5 Å². The Morgan fingerprint density at radius 2 is 1.00 bits per heavy atom. The molecule has 2 atom stereocenters. The fourth-order valence-corrected chi connectivity index (χ4v) is 8.33. The Morgan fingerprint density at radius 1 is 0.667 bits per heavy atom. The molecule has 0 aliphatic heterocycles. The van der Waals surface area contributed by atoms with Crippen LogP contribution in [0, 0.1) is 39.9 Å². The van der Waals surface area contributed by atoms with Crippen molar-refractivity contribution >= 4 is 40.3 Å². The number of carbonyl (C=O) groups is 5. The summed E-state index contributed by atoms with van der Waals surface area (Å²) in [6.07, 6.45) is 3.51. The predicted molar refractivity (Wildman–Crippen MR) is 160 cm³/mol. The van der Waals surface area contributed by atoms with Gasteiger partial charge in [-0.25, -0.2) is 0 Å². The lowest BCUT2D eigenvalue weighted by Gasteiger charge is -2.58. The molecule has 0 heterocycles. The van der Waals surface area contributed by atoms with E-state index in [-0.39, 0.29) is 66.4 Å². The first-order valence-corrected chi connectivity index (χ1v) is 15.7. The summed E-state index contributed by atoms with van der Waals surface area (Å²) >= 11 is 0. The van der Waals surface area contributed by atoms with Crippen LogP contribution >= 0.6 is 0 Å². The van der Waals surface area contributed by atoms with Gasteiger partial charge in [0.15, 0.2) is 0 Å². The molecule has 0 aromatic rings. The highest BCUT2D eigenvalue weighted by molar-refractivity contribution is 6.23. The Morgan fingerprint density at radius 3 is 1.26 bits per heavy atom. The van der Waals surface area contributed by atoms with Gasteiger partial charge in [0.1, 0.15) is 54.0 Å². The van der Waals surface area contributed by atoms with E-state index in [4.69, 9.17) is 9.68 Å². The van der Waals surface area contributed by atoms with Crippen LogP contribution in [0.2, 0.25) is 0 Å². The summed E-state index contributed by atoms with van der Waals surface area (Å²) in [6, 6.07) is 0. The summed E-state index contributed by atoms with van der Waals surface area (Å²) in [5.74, 6) is -2.81. The zero-order valence-electron chi connectivity index (χ0n) is 26.8. The van der Waals surface area contributed by atoms with E-state index in [0.29, 0.717) is 56.7 Å². The zero-order valence-corrected chi connectivity index (χ0v) is 26.8. The van der Waals surface area contributed by atoms with Crippen LogP contribution in [0.25, 0.3) is 0 Å². The number of ketones is 5. The monoisotopic (exact) mass is 586 g/mol. The molecule has 3 aliphatic carbocycles. The molecule has 0 amide bonds. The lowest BCUT2D eigenvalue weighted by atomic mass is 9.45. The highest BCUT2D eigenvalue weighted by atomic mass is 16.6. The van der Waals surface area contributed by atoms with Crippen molar-refractivity contribution in [3.05, 3.63) is 0 Å². The standard InChI is InChI=1S/C33H50N2O7/c1-9-23(34-41-11-3)29-25(37)13-21(14-26(29)38)32(7)17-31(6,20(5)36)18-33(8,19-32)22-15-27(39)30(28(40)16-22)24(10-2)35-42-12-4/h21-22,29-30H,9-19H2,1-8H3. The van der Waals surface area contributed by atoms with Gasteiger partial charge in [0.2, 0.25) is 0 Å². The van der Waals surface area contributed by atoms with Crippen LogP contribution in [0.15, 0.2) is 10.3 Å². The smallest absolute Gasteiger partial charge is 0.149 e. The van der Waals surface area contributed by atoms with Crippen molar-refractivity contribution in [2.45, 2.75) is 113 Å². The van der Waals surface area contributed by atoms with Gasteiger partial charge in [0.05, 0.1) is 11.4 Å². The first-order chi connectivity index (χ1) is 19.7. The van der Waals surface area contributed by atoms with Gasteiger partial charge in [-0.1, -0.05) is 44.9 Å². The van der Waals surface area contributed by atoms with Crippen LogP contribution in [0.4, 0.5) is 0 Å². The summed E-state index contributed by atoms with van der Waals surface area (Å²) < 4.78 is 0. The molecule has 0 N–H and O–H groups in total. The fourth-order valence-electron chi connectivity index (χ4n) is 8.33. The van der Waals surface area contributed by atoms with Crippen LogP contribution in [0.3, 0.4) is 0 Å². The molecule has 3 rings (SSSR count). The summed E-state index contributed by atoms with van der Waals surface area (Å²) in [5.41, 5.74) is -0.803. The summed E-state index contributed by atoms with van der Waals surface area (Å²) in [7, 11) is 0. The van der Waals surface area contributed by atoms with Crippen LogP contribution in [-0.2, 0) is 33.6 Å². The second kappa shape index (κ2) is 13.3. The fraction of sp³-hybridized carbons (Fsp3) is 0.788. The number of rotatable bonds is 11. The maximum Gasteiger partial charge on any atom is 0.149 e. The second-order valence-electron chi connectivity index (χ2n) is 13.6. The van der Waals surface area contributed by atoms with Gasteiger partial charge >= 0.3 is 0 Å². The average molecular weight is 587 g/mol. The van der Waals surface area contributed by atoms with E-state index >= 15 is 0 Å². The quantitative estimate of drug-likeness (QED) is 0.172. The molecule has 234 valence electrons. The molecular weight excluding hydrogens is 536 g/mol. The number of hydrogen-bond acceptors (Lipinski definition) is 9. The van der Waals surface area contributed by atoms with Crippen molar-refractivity contribution in [2.75, 3.05) is 13.2 Å². The van der Waals surface area contributed by atoms with Gasteiger partial charge < -0.3 is 9.68 Å². The van der Waals surface area contributed by atoms with Crippen LogP contribution in [0.1, 0.15) is 113 Å². The Balaban J connectivity index is 1.93. The van der Waals surface area contributed by atoms with Crippen molar-refractivity contribution in [1.29, 1.82) is 0 Å². The molecule has 3 fully saturated rings. The van der Waals surface area contributed by atoms with Crippen molar-refractivity contribution in [3.8, 4) is 0 Å². The third-order valence-corrected chi connectivity index (χ3v) is 10.3. The minimum absolute atomic E-state index is 0.0477. The van der Waals surface area contributed by atoms with Crippen molar-refractivity contribution in [2.24, 2.45) is 50.2 Å². The summed E-state index contributed by atoms with van der Waals surface area (Å²) in [4.78, 5) is 77.4. The minimum Gasteiger partial charge on any atom is -0.396 e. The van der Waals surface area contributed by atoms with Crippen molar-refractivity contribution in [1.82, 2.24) is 0 Å². The molecule has 0 spiro atoms. The molecule has 3 saturated carbocycles. The van der Waals surface area contributed by atoms with E-state index in [1.165, 1.54) is 0 Å². The predicted octanol–water partition coefficient (Wildman–Crippen LogP) is 5.71. The maximum absolute atomic E-state index is 13.5. The third kappa shape index (κ3) is 6.75. The molecule has 3 aliphatic rings. The normalized spacial score (nSPS) is 36.7. The van der Waals surface area contributed by atoms with Crippen LogP contribution in [0.5, 0.6) is 0 Å². The molecule has 2 unspecified atom stereocenters. The van der Waals surface area contributed by atoms with Crippen molar-refractivity contribution < 1.29 is 33.6 Å². The summed E-state index contributed by atoms with van der Waals surface area (Å²) in [5, 5.41) is 8.15. The number of nitrogens with zero attached hydrogens (tertiary/aromatic N) is 2. The number of Topliss-reactive ketones (excluding diaryl/α,β-unsaturated/α-hetero) is 5. The molecule has 0 bridgehead atoms. The van der Waals surface area contributed by atoms with E-state index in [0.717, 1.165) is 0 Å².